The monoisotopic (exact) mass is 298 g/mol. The van der Waals surface area contributed by atoms with E-state index in [1.54, 1.807) is 0 Å². The number of pyridine rings is 1. The molecule has 0 aliphatic heterocycles. The van der Waals surface area contributed by atoms with Crippen LogP contribution in [0.25, 0.3) is 11.0 Å². The summed E-state index contributed by atoms with van der Waals surface area (Å²) in [5, 5.41) is 11.7. The molecule has 0 unspecified atom stereocenters. The summed E-state index contributed by atoms with van der Waals surface area (Å²) in [6.45, 7) is 4.01. The Morgan fingerprint density at radius 1 is 1.23 bits per heavy atom. The molecule has 0 saturated heterocycles. The van der Waals surface area contributed by atoms with Crippen molar-refractivity contribution in [3.05, 3.63) is 48.8 Å². The Morgan fingerprint density at radius 2 is 2.14 bits per heavy atom. The van der Waals surface area contributed by atoms with Gasteiger partial charge in [-0.3, -0.25) is 0 Å². The van der Waals surface area contributed by atoms with Gasteiger partial charge in [-0.05, 0) is 24.6 Å². The van der Waals surface area contributed by atoms with Crippen LogP contribution in [0.1, 0.15) is 13.3 Å². The number of hydrogen-bond acceptors (Lipinski definition) is 4. The molecule has 2 heterocycles. The van der Waals surface area contributed by atoms with Crippen molar-refractivity contribution in [1.82, 2.24) is 15.0 Å². The molecule has 3 rings (SSSR count). The first-order valence-corrected chi connectivity index (χ1v) is 7.46. The highest BCUT2D eigenvalue weighted by molar-refractivity contribution is 5.73. The number of hydrogen-bond donors (Lipinski definition) is 1. The fourth-order valence-electron chi connectivity index (χ4n) is 2.22. The standard InChI is InChI=1S/C16H20N5O/c1-2-10-22-13-20-9-5-6-14(11-20)17-12-21-16-8-4-3-7-15(16)18-19-21/h3-9,11,17H,2,10,12-13H2,1H3/q+1. The molecule has 0 spiro atoms. The fraction of sp³-hybridized carbons (Fsp3) is 0.312. The highest BCUT2D eigenvalue weighted by Crippen LogP contribution is 2.10. The second kappa shape index (κ2) is 7.00. The maximum atomic E-state index is 5.54. The first-order valence-electron chi connectivity index (χ1n) is 7.46. The second-order valence-corrected chi connectivity index (χ2v) is 5.06. The minimum absolute atomic E-state index is 0.565. The number of rotatable bonds is 7. The predicted octanol–water partition coefficient (Wildman–Crippen LogP) is 2.17. The van der Waals surface area contributed by atoms with Gasteiger partial charge >= 0.3 is 0 Å². The van der Waals surface area contributed by atoms with Gasteiger partial charge < -0.3 is 10.1 Å². The molecule has 0 bridgehead atoms. The number of fused-ring (bicyclic) bond motifs is 1. The van der Waals surface area contributed by atoms with Gasteiger partial charge in [-0.1, -0.05) is 24.3 Å². The molecule has 0 atom stereocenters. The molecule has 0 amide bonds. The number of para-hydroxylation sites is 1. The van der Waals surface area contributed by atoms with E-state index < -0.39 is 0 Å². The number of anilines is 1. The van der Waals surface area contributed by atoms with E-state index in [4.69, 9.17) is 4.74 Å². The molecule has 1 aromatic carbocycles. The van der Waals surface area contributed by atoms with Gasteiger partial charge in [0.15, 0.2) is 12.4 Å². The molecular formula is C16H20N5O+. The lowest BCUT2D eigenvalue weighted by molar-refractivity contribution is -0.732. The van der Waals surface area contributed by atoms with Crippen LogP contribution in [0, 0.1) is 0 Å². The highest BCUT2D eigenvalue weighted by Gasteiger charge is 2.05. The average molecular weight is 298 g/mol. The molecular weight excluding hydrogens is 278 g/mol. The molecule has 0 fully saturated rings. The lowest BCUT2D eigenvalue weighted by Gasteiger charge is -2.06. The maximum Gasteiger partial charge on any atom is 0.252 e. The third-order valence-corrected chi connectivity index (χ3v) is 3.30. The normalized spacial score (nSPS) is 11.0. The van der Waals surface area contributed by atoms with Crippen molar-refractivity contribution in [3.8, 4) is 0 Å². The van der Waals surface area contributed by atoms with Crippen LogP contribution < -0.4 is 9.88 Å². The summed E-state index contributed by atoms with van der Waals surface area (Å²) in [5.74, 6) is 0. The van der Waals surface area contributed by atoms with Crippen molar-refractivity contribution in [2.24, 2.45) is 0 Å². The molecule has 3 aromatic rings. The predicted molar refractivity (Wildman–Crippen MR) is 84.0 cm³/mol. The van der Waals surface area contributed by atoms with Crippen LogP contribution in [-0.4, -0.2) is 21.6 Å². The molecule has 0 aliphatic rings. The number of benzene rings is 1. The quantitative estimate of drug-likeness (QED) is 0.536. The summed E-state index contributed by atoms with van der Waals surface area (Å²) in [4.78, 5) is 0. The Bertz CT molecular complexity index is 740. The van der Waals surface area contributed by atoms with Gasteiger partial charge in [-0.2, -0.15) is 4.57 Å². The third kappa shape index (κ3) is 3.40. The Kier molecular flexibility index (Phi) is 4.60. The van der Waals surface area contributed by atoms with E-state index in [0.717, 1.165) is 29.7 Å². The van der Waals surface area contributed by atoms with E-state index >= 15 is 0 Å². The molecule has 0 aliphatic carbocycles. The largest absolute Gasteiger partial charge is 0.361 e. The van der Waals surface area contributed by atoms with E-state index in [0.29, 0.717) is 13.4 Å². The number of ether oxygens (including phenoxy) is 1. The van der Waals surface area contributed by atoms with Crippen LogP contribution in [0.4, 0.5) is 5.69 Å². The average Bonchev–Trinajstić information content (AvgIpc) is 2.97. The Balaban J connectivity index is 1.65. The molecule has 22 heavy (non-hydrogen) atoms. The highest BCUT2D eigenvalue weighted by atomic mass is 16.5. The summed E-state index contributed by atoms with van der Waals surface area (Å²) >= 11 is 0. The zero-order valence-electron chi connectivity index (χ0n) is 12.6. The Labute approximate surface area is 129 Å². The molecule has 6 nitrogen and oxygen atoms in total. The number of nitrogens with one attached hydrogen (secondary N) is 1. The van der Waals surface area contributed by atoms with Crippen molar-refractivity contribution in [1.29, 1.82) is 0 Å². The van der Waals surface area contributed by atoms with Gasteiger partial charge in [-0.15, -0.1) is 5.10 Å². The Morgan fingerprint density at radius 3 is 3.05 bits per heavy atom. The summed E-state index contributed by atoms with van der Waals surface area (Å²) in [5.41, 5.74) is 2.94. The zero-order chi connectivity index (χ0) is 15.2. The molecule has 2 aromatic heterocycles. The van der Waals surface area contributed by atoms with Gasteiger partial charge in [0.1, 0.15) is 17.9 Å². The third-order valence-electron chi connectivity index (χ3n) is 3.30. The van der Waals surface area contributed by atoms with Crippen LogP contribution >= 0.6 is 0 Å². The molecule has 0 radical (unpaired) electrons. The van der Waals surface area contributed by atoms with Gasteiger partial charge in [0.25, 0.3) is 6.73 Å². The first kappa shape index (κ1) is 14.5. The van der Waals surface area contributed by atoms with Gasteiger partial charge in [-0.25, -0.2) is 4.68 Å². The van der Waals surface area contributed by atoms with Crippen molar-refractivity contribution < 1.29 is 9.30 Å². The SMILES string of the molecule is CCCOC[n+]1cccc(NCn2nnc3ccccc32)c1. The van der Waals surface area contributed by atoms with Crippen molar-refractivity contribution in [2.75, 3.05) is 11.9 Å². The van der Waals surface area contributed by atoms with E-state index in [-0.39, 0.29) is 0 Å². The zero-order valence-corrected chi connectivity index (χ0v) is 12.6. The van der Waals surface area contributed by atoms with E-state index in [2.05, 4.69) is 22.6 Å². The topological polar surface area (TPSA) is 55.9 Å². The first-order chi connectivity index (χ1) is 10.9. The van der Waals surface area contributed by atoms with Crippen LogP contribution in [0.15, 0.2) is 48.8 Å². The summed E-state index contributed by atoms with van der Waals surface area (Å²) in [6.07, 6.45) is 5.04. The molecule has 114 valence electrons. The van der Waals surface area contributed by atoms with Gasteiger partial charge in [0, 0.05) is 6.07 Å². The van der Waals surface area contributed by atoms with E-state index in [9.17, 15) is 0 Å². The maximum absolute atomic E-state index is 5.54. The molecule has 0 saturated carbocycles. The van der Waals surface area contributed by atoms with Crippen LogP contribution in [0.2, 0.25) is 0 Å². The van der Waals surface area contributed by atoms with Crippen LogP contribution in [0.3, 0.4) is 0 Å². The molecule has 1 N–H and O–H groups in total. The lowest BCUT2D eigenvalue weighted by atomic mass is 10.3. The van der Waals surface area contributed by atoms with Gasteiger partial charge in [0.05, 0.1) is 12.1 Å². The Hall–Kier alpha value is -2.47. The van der Waals surface area contributed by atoms with E-state index in [1.165, 1.54) is 0 Å². The van der Waals surface area contributed by atoms with Crippen LogP contribution in [0.5, 0.6) is 0 Å². The number of nitrogens with zero attached hydrogens (tertiary/aromatic N) is 4. The second-order valence-electron chi connectivity index (χ2n) is 5.06. The summed E-state index contributed by atoms with van der Waals surface area (Å²) < 4.78 is 9.40. The fourth-order valence-corrected chi connectivity index (χ4v) is 2.22. The molecule has 6 heteroatoms. The van der Waals surface area contributed by atoms with Crippen molar-refractivity contribution in [3.63, 3.8) is 0 Å². The van der Waals surface area contributed by atoms with Crippen LogP contribution in [-0.2, 0) is 18.1 Å². The summed E-state index contributed by atoms with van der Waals surface area (Å²) in [6, 6.07) is 11.9. The van der Waals surface area contributed by atoms with Gasteiger partial charge in [0.2, 0.25) is 0 Å². The smallest absolute Gasteiger partial charge is 0.252 e. The van der Waals surface area contributed by atoms with Crippen molar-refractivity contribution in [2.45, 2.75) is 26.7 Å². The number of aromatic nitrogens is 4. The summed E-state index contributed by atoms with van der Waals surface area (Å²) in [7, 11) is 0. The lowest BCUT2D eigenvalue weighted by Crippen LogP contribution is -2.34. The minimum atomic E-state index is 0.565. The van der Waals surface area contributed by atoms with E-state index in [1.807, 2.05) is 58.0 Å². The van der Waals surface area contributed by atoms with Crippen molar-refractivity contribution >= 4 is 16.7 Å². The minimum Gasteiger partial charge on any atom is -0.361 e.